The molecule has 13 heteroatoms. The highest BCUT2D eigenvalue weighted by Gasteiger charge is 2.52. The Labute approximate surface area is 255 Å². The lowest BCUT2D eigenvalue weighted by molar-refractivity contribution is -0.0728. The van der Waals surface area contributed by atoms with Gasteiger partial charge in [0.1, 0.15) is 24.1 Å². The van der Waals surface area contributed by atoms with Crippen LogP contribution in [0.4, 0.5) is 0 Å². The topological polar surface area (TPSA) is 145 Å². The molecule has 1 aliphatic heterocycles. The van der Waals surface area contributed by atoms with E-state index in [0.29, 0.717) is 16.1 Å². The van der Waals surface area contributed by atoms with Crippen molar-refractivity contribution in [2.45, 2.75) is 29.6 Å². The molecule has 0 radical (unpaired) electrons. The molecule has 1 fully saturated rings. The van der Waals surface area contributed by atoms with Crippen molar-refractivity contribution in [1.82, 2.24) is 25.0 Å². The van der Waals surface area contributed by atoms with Crippen molar-refractivity contribution in [3.05, 3.63) is 114 Å². The number of hydrogen-bond acceptors (Lipinski definition) is 12. The first-order valence-corrected chi connectivity index (χ1v) is 14.8. The van der Waals surface area contributed by atoms with Gasteiger partial charge >= 0.3 is 17.9 Å². The molecular formula is C31H25N5O7S. The highest BCUT2D eigenvalue weighted by Crippen LogP contribution is 2.35. The van der Waals surface area contributed by atoms with E-state index in [1.54, 1.807) is 91.0 Å². The Bertz CT molecular complexity index is 1770. The summed E-state index contributed by atoms with van der Waals surface area (Å²) in [5.41, 5.74) is 1.57. The van der Waals surface area contributed by atoms with Crippen molar-refractivity contribution in [3.8, 4) is 0 Å². The molecule has 12 nitrogen and oxygen atoms in total. The molecule has 0 bridgehead atoms. The van der Waals surface area contributed by atoms with Crippen molar-refractivity contribution in [2.24, 2.45) is 0 Å². The van der Waals surface area contributed by atoms with Gasteiger partial charge in [-0.2, -0.15) is 0 Å². The molecule has 0 spiro atoms. The number of benzene rings is 3. The van der Waals surface area contributed by atoms with Gasteiger partial charge in [-0.15, -0.1) is 26.8 Å². The van der Waals surface area contributed by atoms with Crippen molar-refractivity contribution in [2.75, 3.05) is 12.9 Å². The van der Waals surface area contributed by atoms with Crippen LogP contribution in [0.25, 0.3) is 11.2 Å². The third-order valence-corrected chi connectivity index (χ3v) is 7.45. The van der Waals surface area contributed by atoms with E-state index in [0.717, 1.165) is 0 Å². The van der Waals surface area contributed by atoms with Crippen molar-refractivity contribution in [3.63, 3.8) is 0 Å². The summed E-state index contributed by atoms with van der Waals surface area (Å²) in [6.45, 7) is -0.326. The van der Waals surface area contributed by atoms with E-state index >= 15 is 0 Å². The Balaban J connectivity index is 1.37. The van der Waals surface area contributed by atoms with E-state index in [1.807, 2.05) is 6.26 Å². The van der Waals surface area contributed by atoms with Crippen LogP contribution in [0.5, 0.6) is 0 Å². The lowest BCUT2D eigenvalue weighted by atomic mass is 10.1. The van der Waals surface area contributed by atoms with Gasteiger partial charge in [0.05, 0.1) is 16.7 Å². The minimum atomic E-state index is -1.25. The first-order chi connectivity index (χ1) is 21.5. The number of nitrogens with zero attached hydrogens (tertiary/aromatic N) is 5. The van der Waals surface area contributed by atoms with Crippen molar-refractivity contribution < 1.29 is 33.3 Å². The highest BCUT2D eigenvalue weighted by atomic mass is 32.2. The molecule has 222 valence electrons. The van der Waals surface area contributed by atoms with E-state index in [4.69, 9.17) is 18.9 Å². The molecule has 3 heterocycles. The number of ether oxygens (including phenoxy) is 4. The van der Waals surface area contributed by atoms with E-state index in [9.17, 15) is 14.4 Å². The van der Waals surface area contributed by atoms with E-state index in [-0.39, 0.29) is 23.4 Å². The molecule has 44 heavy (non-hydrogen) atoms. The quantitative estimate of drug-likeness (QED) is 0.102. The number of carbonyl (C=O) groups excluding carboxylic acids is 3. The Kier molecular flexibility index (Phi) is 8.57. The molecule has 0 unspecified atom stereocenters. The summed E-state index contributed by atoms with van der Waals surface area (Å²) < 4.78 is 23.8. The van der Waals surface area contributed by atoms with Gasteiger partial charge in [0, 0.05) is 0 Å². The van der Waals surface area contributed by atoms with Crippen LogP contribution in [0, 0.1) is 0 Å². The molecule has 0 saturated carbocycles. The molecular weight excluding hydrogens is 586 g/mol. The summed E-state index contributed by atoms with van der Waals surface area (Å²) >= 11 is 1.36. The minimum absolute atomic E-state index is 0.270. The highest BCUT2D eigenvalue weighted by molar-refractivity contribution is 7.98. The zero-order valence-corrected chi connectivity index (χ0v) is 24.1. The smallest absolute Gasteiger partial charge is 0.338 e. The molecule has 3 aromatic carbocycles. The monoisotopic (exact) mass is 611 g/mol. The van der Waals surface area contributed by atoms with Crippen LogP contribution in [-0.4, -0.2) is 74.0 Å². The van der Waals surface area contributed by atoms with E-state index in [1.165, 1.54) is 22.9 Å². The SMILES string of the molecule is CSc1ncnc2nn([C@@H]3O[C@@H](COC(=O)c4ccccc4)[C@@H](OC(=O)c4ccccc4)[C@@H]3OC(=O)c3ccccc3)nc12. The van der Waals surface area contributed by atoms with Crippen LogP contribution in [0.1, 0.15) is 37.3 Å². The lowest BCUT2D eigenvalue weighted by Gasteiger charge is -2.24. The van der Waals surface area contributed by atoms with Crippen LogP contribution >= 0.6 is 11.8 Å². The number of rotatable bonds is 9. The molecule has 1 aliphatic rings. The molecule has 2 aromatic heterocycles. The average molecular weight is 612 g/mol. The van der Waals surface area contributed by atoms with Crippen LogP contribution in [0.2, 0.25) is 0 Å². The molecule has 0 N–H and O–H groups in total. The summed E-state index contributed by atoms with van der Waals surface area (Å²) in [4.78, 5) is 49.1. The molecule has 1 saturated heterocycles. The Hall–Kier alpha value is -5.14. The zero-order valence-electron chi connectivity index (χ0n) is 23.3. The van der Waals surface area contributed by atoms with Gasteiger partial charge in [-0.3, -0.25) is 0 Å². The molecule has 0 amide bonds. The summed E-state index contributed by atoms with van der Waals surface area (Å²) in [5, 5.41) is 9.58. The summed E-state index contributed by atoms with van der Waals surface area (Å²) in [5.74, 6) is -1.98. The Morgan fingerprint density at radius 1 is 0.750 bits per heavy atom. The largest absolute Gasteiger partial charge is 0.459 e. The van der Waals surface area contributed by atoms with E-state index in [2.05, 4.69) is 20.2 Å². The van der Waals surface area contributed by atoms with Crippen LogP contribution in [0.15, 0.2) is 102 Å². The average Bonchev–Trinajstić information content (AvgIpc) is 3.66. The fourth-order valence-corrected chi connectivity index (χ4v) is 5.12. The second-order valence-corrected chi connectivity index (χ2v) is 10.4. The second kappa shape index (κ2) is 13.0. The Morgan fingerprint density at radius 3 is 1.86 bits per heavy atom. The number of aromatic nitrogens is 5. The fraction of sp³-hybridized carbons (Fsp3) is 0.194. The summed E-state index contributed by atoms with van der Waals surface area (Å²) in [6.07, 6.45) is -1.50. The molecule has 4 atom stereocenters. The minimum Gasteiger partial charge on any atom is -0.459 e. The molecule has 0 aliphatic carbocycles. The van der Waals surface area contributed by atoms with E-state index < -0.39 is 42.4 Å². The van der Waals surface area contributed by atoms with Crippen molar-refractivity contribution in [1.29, 1.82) is 0 Å². The normalized spacial score (nSPS) is 19.4. The predicted octanol–water partition coefficient (Wildman–Crippen LogP) is 4.15. The van der Waals surface area contributed by atoms with Crippen LogP contribution in [-0.2, 0) is 18.9 Å². The van der Waals surface area contributed by atoms with Gasteiger partial charge in [-0.25, -0.2) is 24.4 Å². The third kappa shape index (κ3) is 6.14. The third-order valence-electron chi connectivity index (χ3n) is 6.77. The molecule has 5 aromatic rings. The number of fused-ring (bicyclic) bond motifs is 1. The first-order valence-electron chi connectivity index (χ1n) is 13.5. The van der Waals surface area contributed by atoms with Crippen LogP contribution in [0.3, 0.4) is 0 Å². The van der Waals surface area contributed by atoms with Crippen LogP contribution < -0.4 is 0 Å². The number of carbonyl (C=O) groups is 3. The fourth-order valence-electron chi connectivity index (χ4n) is 4.64. The summed E-state index contributed by atoms with van der Waals surface area (Å²) in [6, 6.07) is 25.1. The van der Waals surface area contributed by atoms with Crippen molar-refractivity contribution >= 4 is 40.8 Å². The number of hydrogen-bond donors (Lipinski definition) is 0. The maximum absolute atomic E-state index is 13.3. The first kappa shape index (κ1) is 29.0. The maximum atomic E-state index is 13.3. The van der Waals surface area contributed by atoms with Gasteiger partial charge < -0.3 is 18.9 Å². The van der Waals surface area contributed by atoms with Gasteiger partial charge in [0.15, 0.2) is 17.7 Å². The Morgan fingerprint density at radius 2 is 1.30 bits per heavy atom. The predicted molar refractivity (Wildman–Crippen MR) is 157 cm³/mol. The number of thioether (sulfide) groups is 1. The standard InChI is InChI=1S/C31H25N5O7S/c1-44-27-23-26(32-18-33-27)35-36(34-23)28-25(43-31(39)21-15-9-4-10-16-21)24(42-30(38)20-13-7-3-8-14-20)22(41-28)17-40-29(37)19-11-5-2-6-12-19/h2-16,18,22,24-25,28H,17H2,1H3/t22-,24+,25-,28+/m0/s1. The van der Waals surface area contributed by atoms with Gasteiger partial charge in [0.2, 0.25) is 11.9 Å². The van der Waals surface area contributed by atoms with Gasteiger partial charge in [0.25, 0.3) is 0 Å². The van der Waals surface area contributed by atoms with Gasteiger partial charge in [-0.05, 0) is 42.7 Å². The lowest BCUT2D eigenvalue weighted by Crippen LogP contribution is -2.41. The maximum Gasteiger partial charge on any atom is 0.338 e. The summed E-state index contributed by atoms with van der Waals surface area (Å²) in [7, 11) is 0. The number of esters is 3. The molecule has 6 rings (SSSR count). The zero-order chi connectivity index (χ0) is 30.5. The second-order valence-electron chi connectivity index (χ2n) is 9.58. The van der Waals surface area contributed by atoms with Gasteiger partial charge in [-0.1, -0.05) is 54.6 Å².